The molecule has 0 bridgehead atoms. The normalized spacial score (nSPS) is 24.3. The van der Waals surface area contributed by atoms with Crippen molar-refractivity contribution in [1.82, 2.24) is 5.32 Å². The van der Waals surface area contributed by atoms with Crippen molar-refractivity contribution >= 4 is 23.8 Å². The Hall–Kier alpha value is -3.39. The summed E-state index contributed by atoms with van der Waals surface area (Å²) in [4.78, 5) is 58.4. The summed E-state index contributed by atoms with van der Waals surface area (Å²) in [5.74, 6) is -2.56. The van der Waals surface area contributed by atoms with Gasteiger partial charge in [-0.15, -0.1) is 0 Å². The third-order valence-corrected chi connectivity index (χ3v) is 3.82. The fraction of sp³-hybridized carbons (Fsp3) is 0.667. The molecule has 0 radical (unpaired) electrons. The molecule has 15 heteroatoms. The van der Waals surface area contributed by atoms with Gasteiger partial charge in [-0.2, -0.15) is 4.89 Å². The summed E-state index contributed by atoms with van der Waals surface area (Å²) in [6, 6.07) is -1.09. The van der Waals surface area contributed by atoms with Crippen LogP contribution in [0, 0.1) is 0 Å². The van der Waals surface area contributed by atoms with E-state index in [1.165, 1.54) is 13.8 Å². The van der Waals surface area contributed by atoms with Crippen LogP contribution in [0.3, 0.4) is 0 Å². The minimum Gasteiger partial charge on any atom is -0.463 e. The van der Waals surface area contributed by atoms with Crippen LogP contribution in [0.4, 0.5) is 0 Å². The van der Waals surface area contributed by atoms with Crippen LogP contribution in [0.5, 0.6) is 0 Å². The van der Waals surface area contributed by atoms with Gasteiger partial charge in [0, 0.05) is 38.8 Å². The van der Waals surface area contributed by atoms with Crippen molar-refractivity contribution in [2.75, 3.05) is 19.8 Å². The highest BCUT2D eigenvalue weighted by molar-refractivity contribution is 5.73. The Morgan fingerprint density at radius 3 is 2.27 bits per heavy atom. The standard InChI is InChI=1S/C18H26N4O11/c1-10(23)21-15-17(32-13(4)26)16(31-12(3)25)14(9-28-11(2)24)33-18(15)27-7-8-30-29-6-5-20-22-19/h5-6,14-18H,7-9H2,1-4H3,(H,21,23). The number of azide groups is 1. The lowest BCUT2D eigenvalue weighted by atomic mass is 9.96. The van der Waals surface area contributed by atoms with E-state index < -0.39 is 54.5 Å². The molecule has 0 aliphatic carbocycles. The zero-order valence-electron chi connectivity index (χ0n) is 18.5. The monoisotopic (exact) mass is 474 g/mol. The Balaban J connectivity index is 3.02. The molecular formula is C18H26N4O11. The highest BCUT2D eigenvalue weighted by Crippen LogP contribution is 2.28. The molecule has 1 aliphatic heterocycles. The number of hydrogen-bond acceptors (Lipinski definition) is 12. The summed E-state index contributed by atoms with van der Waals surface area (Å²) < 4.78 is 27.0. The third kappa shape index (κ3) is 10.7. The second-order valence-electron chi connectivity index (χ2n) is 6.50. The lowest BCUT2D eigenvalue weighted by Gasteiger charge is -2.44. The van der Waals surface area contributed by atoms with Crippen LogP contribution in [0.25, 0.3) is 10.4 Å². The highest BCUT2D eigenvalue weighted by Gasteiger charge is 2.51. The van der Waals surface area contributed by atoms with Crippen molar-refractivity contribution < 1.29 is 52.6 Å². The van der Waals surface area contributed by atoms with Crippen LogP contribution in [-0.4, -0.2) is 74.3 Å². The molecule has 1 N–H and O–H groups in total. The Bertz CT molecular complexity index is 768. The molecule has 1 fully saturated rings. The van der Waals surface area contributed by atoms with Crippen molar-refractivity contribution in [3.8, 4) is 0 Å². The molecule has 5 unspecified atom stereocenters. The summed E-state index contributed by atoms with van der Waals surface area (Å²) in [5, 5.41) is 5.64. The topological polar surface area (TPSA) is 194 Å². The number of hydrogen-bond donors (Lipinski definition) is 1. The van der Waals surface area contributed by atoms with Gasteiger partial charge < -0.3 is 33.9 Å². The van der Waals surface area contributed by atoms with Crippen molar-refractivity contribution in [3.63, 3.8) is 0 Å². The van der Waals surface area contributed by atoms with E-state index in [-0.39, 0.29) is 19.8 Å². The Morgan fingerprint density at radius 2 is 1.70 bits per heavy atom. The molecule has 1 amide bonds. The van der Waals surface area contributed by atoms with Gasteiger partial charge in [0.05, 0.1) is 6.61 Å². The number of carbonyl (C=O) groups excluding carboxylic acids is 4. The first-order valence-corrected chi connectivity index (χ1v) is 9.65. The highest BCUT2D eigenvalue weighted by atomic mass is 17.2. The van der Waals surface area contributed by atoms with E-state index in [9.17, 15) is 19.2 Å². The maximum absolute atomic E-state index is 11.8. The predicted octanol–water partition coefficient (Wildman–Crippen LogP) is 0.389. The quantitative estimate of drug-likeness (QED) is 0.0473. The lowest BCUT2D eigenvalue weighted by Crippen LogP contribution is -2.66. The second-order valence-corrected chi connectivity index (χ2v) is 6.50. The molecule has 0 aromatic rings. The van der Waals surface area contributed by atoms with Crippen LogP contribution >= 0.6 is 0 Å². The summed E-state index contributed by atoms with van der Waals surface area (Å²) >= 11 is 0. The van der Waals surface area contributed by atoms with Gasteiger partial charge in [-0.1, -0.05) is 5.11 Å². The van der Waals surface area contributed by atoms with E-state index >= 15 is 0 Å². The summed E-state index contributed by atoms with van der Waals surface area (Å²) in [6.45, 7) is 4.08. The first-order chi connectivity index (χ1) is 15.6. The molecule has 0 aromatic carbocycles. The van der Waals surface area contributed by atoms with Gasteiger partial charge in [0.15, 0.2) is 18.5 Å². The minimum absolute atomic E-state index is 0.118. The fourth-order valence-electron chi connectivity index (χ4n) is 2.80. The molecular weight excluding hydrogens is 448 g/mol. The van der Waals surface area contributed by atoms with Crippen molar-refractivity contribution in [2.45, 2.75) is 58.3 Å². The molecule has 1 heterocycles. The first kappa shape index (κ1) is 27.6. The van der Waals surface area contributed by atoms with Gasteiger partial charge in [-0.3, -0.25) is 19.2 Å². The van der Waals surface area contributed by atoms with Gasteiger partial charge in [0.2, 0.25) is 5.91 Å². The summed E-state index contributed by atoms with van der Waals surface area (Å²) in [7, 11) is 0. The van der Waals surface area contributed by atoms with E-state index in [0.717, 1.165) is 26.3 Å². The van der Waals surface area contributed by atoms with Crippen molar-refractivity contribution in [3.05, 3.63) is 22.9 Å². The molecule has 1 aliphatic rings. The van der Waals surface area contributed by atoms with E-state index in [1.807, 2.05) is 0 Å². The number of esters is 3. The summed E-state index contributed by atoms with van der Waals surface area (Å²) in [5.41, 5.74) is 8.13. The molecule has 33 heavy (non-hydrogen) atoms. The van der Waals surface area contributed by atoms with Gasteiger partial charge >= 0.3 is 17.9 Å². The average Bonchev–Trinajstić information content (AvgIpc) is 2.71. The van der Waals surface area contributed by atoms with Crippen molar-refractivity contribution in [1.29, 1.82) is 0 Å². The minimum atomic E-state index is -1.22. The molecule has 0 saturated carbocycles. The van der Waals surface area contributed by atoms with Gasteiger partial charge in [0.25, 0.3) is 0 Å². The van der Waals surface area contributed by atoms with Gasteiger partial charge in [-0.25, -0.2) is 0 Å². The number of ether oxygens (including phenoxy) is 5. The molecule has 5 atom stereocenters. The Labute approximate surface area is 188 Å². The van der Waals surface area contributed by atoms with E-state index in [0.29, 0.717) is 0 Å². The zero-order valence-corrected chi connectivity index (χ0v) is 18.5. The Morgan fingerprint density at radius 1 is 1.03 bits per heavy atom. The lowest BCUT2D eigenvalue weighted by molar-refractivity contribution is -0.295. The first-order valence-electron chi connectivity index (χ1n) is 9.65. The molecule has 1 saturated heterocycles. The number of nitrogens with one attached hydrogen (secondary N) is 1. The van der Waals surface area contributed by atoms with Crippen molar-refractivity contribution in [2.24, 2.45) is 5.11 Å². The number of rotatable bonds is 12. The Kier molecular flexibility index (Phi) is 12.3. The van der Waals surface area contributed by atoms with Crippen LogP contribution in [0.15, 0.2) is 17.6 Å². The maximum atomic E-state index is 11.8. The number of carbonyl (C=O) groups is 4. The zero-order chi connectivity index (χ0) is 24.8. The van der Waals surface area contributed by atoms with Crippen LogP contribution in [0.2, 0.25) is 0 Å². The SMILES string of the molecule is CC(=O)NC1C(OCCOOC=CN=[N+]=[N-])OC(COC(C)=O)C(OC(C)=O)C1OC(C)=O. The molecule has 0 aromatic heterocycles. The molecule has 0 spiro atoms. The summed E-state index contributed by atoms with van der Waals surface area (Å²) in [6.07, 6.45) is -2.73. The second kappa shape index (κ2) is 14.6. The van der Waals surface area contributed by atoms with Crippen LogP contribution < -0.4 is 5.32 Å². The number of nitrogens with zero attached hydrogens (tertiary/aromatic N) is 3. The van der Waals surface area contributed by atoms with Gasteiger partial charge in [-0.05, 0) is 5.53 Å². The smallest absolute Gasteiger partial charge is 0.303 e. The van der Waals surface area contributed by atoms with E-state index in [4.69, 9.17) is 34.1 Å². The largest absolute Gasteiger partial charge is 0.463 e. The van der Waals surface area contributed by atoms with Crippen LogP contribution in [-0.2, 0) is 52.6 Å². The number of amides is 1. The van der Waals surface area contributed by atoms with Crippen LogP contribution in [0.1, 0.15) is 27.7 Å². The fourth-order valence-corrected chi connectivity index (χ4v) is 2.80. The predicted molar refractivity (Wildman–Crippen MR) is 105 cm³/mol. The van der Waals surface area contributed by atoms with E-state index in [1.54, 1.807) is 0 Å². The van der Waals surface area contributed by atoms with Gasteiger partial charge in [0.1, 0.15) is 31.6 Å². The molecule has 15 nitrogen and oxygen atoms in total. The maximum Gasteiger partial charge on any atom is 0.303 e. The molecule has 184 valence electrons. The van der Waals surface area contributed by atoms with E-state index in [2.05, 4.69) is 20.2 Å². The third-order valence-electron chi connectivity index (χ3n) is 3.82. The average molecular weight is 474 g/mol. The molecule has 1 rings (SSSR count).